The Kier molecular flexibility index (Phi) is 4.75. The maximum atomic E-state index is 13.0. The average molecular weight is 403 g/mol. The molecule has 1 saturated heterocycles. The number of para-hydroxylation sites is 1. The summed E-state index contributed by atoms with van der Waals surface area (Å²) in [5.74, 6) is 0.257. The van der Waals surface area contributed by atoms with E-state index in [1.165, 1.54) is 16.1 Å². The fraction of sp³-hybridized carbons (Fsp3) is 0.294. The van der Waals surface area contributed by atoms with Gasteiger partial charge in [-0.15, -0.1) is 10.2 Å². The second-order valence-corrected chi connectivity index (χ2v) is 9.32. The summed E-state index contributed by atoms with van der Waals surface area (Å²) >= 11 is 1.53. The predicted octanol–water partition coefficient (Wildman–Crippen LogP) is 1.62. The van der Waals surface area contributed by atoms with Crippen molar-refractivity contribution in [3.05, 3.63) is 47.2 Å². The molecule has 2 aromatic heterocycles. The van der Waals surface area contributed by atoms with Crippen LogP contribution >= 0.6 is 11.3 Å². The van der Waals surface area contributed by atoms with Crippen LogP contribution in [0.15, 0.2) is 47.2 Å². The topological polar surface area (TPSA) is 98.1 Å². The van der Waals surface area contributed by atoms with E-state index in [0.717, 1.165) is 5.56 Å². The van der Waals surface area contributed by atoms with Gasteiger partial charge < -0.3 is 4.90 Å². The molecule has 0 bridgehead atoms. The van der Waals surface area contributed by atoms with E-state index in [1.54, 1.807) is 17.0 Å². The molecule has 0 unspecified atom stereocenters. The van der Waals surface area contributed by atoms with Gasteiger partial charge in [-0.25, -0.2) is 8.42 Å². The van der Waals surface area contributed by atoms with Crippen molar-refractivity contribution in [3.8, 4) is 11.4 Å². The number of thiophene rings is 1. The van der Waals surface area contributed by atoms with Crippen molar-refractivity contribution in [1.29, 1.82) is 0 Å². The highest BCUT2D eigenvalue weighted by molar-refractivity contribution is 7.91. The molecule has 10 heteroatoms. The molecular weight excluding hydrogens is 386 g/mol. The van der Waals surface area contributed by atoms with Crippen molar-refractivity contribution in [2.75, 3.05) is 16.4 Å². The maximum absolute atomic E-state index is 13.0. The fourth-order valence-electron chi connectivity index (χ4n) is 3.14. The second-order valence-electron chi connectivity index (χ2n) is 6.31. The molecule has 0 spiro atoms. The molecule has 4 rings (SSSR count). The Morgan fingerprint density at radius 3 is 2.74 bits per heavy atom. The summed E-state index contributed by atoms with van der Waals surface area (Å²) in [7, 11) is -3.12. The number of carbonyl (C=O) groups excluding carboxylic acids is 1. The van der Waals surface area contributed by atoms with Crippen LogP contribution in [0, 0.1) is 0 Å². The van der Waals surface area contributed by atoms with Gasteiger partial charge in [0, 0.05) is 16.6 Å². The van der Waals surface area contributed by atoms with E-state index >= 15 is 0 Å². The number of hydrogen-bond donors (Lipinski definition) is 0. The summed E-state index contributed by atoms with van der Waals surface area (Å²) in [4.78, 5) is 15.8. The Morgan fingerprint density at radius 2 is 2.07 bits per heavy atom. The monoisotopic (exact) mass is 403 g/mol. The molecule has 0 aliphatic carbocycles. The van der Waals surface area contributed by atoms with E-state index in [-0.39, 0.29) is 30.0 Å². The summed E-state index contributed by atoms with van der Waals surface area (Å²) in [6.07, 6.45) is 0.425. The van der Waals surface area contributed by atoms with Crippen LogP contribution in [0.4, 0.5) is 5.69 Å². The molecule has 1 aromatic carbocycles. The number of rotatable bonds is 5. The van der Waals surface area contributed by atoms with Crippen molar-refractivity contribution in [2.45, 2.75) is 19.0 Å². The van der Waals surface area contributed by atoms with Gasteiger partial charge in [0.25, 0.3) is 5.91 Å². The number of anilines is 1. The van der Waals surface area contributed by atoms with E-state index in [4.69, 9.17) is 0 Å². The number of hydrogen-bond acceptors (Lipinski definition) is 7. The van der Waals surface area contributed by atoms with Crippen LogP contribution in [0.3, 0.4) is 0 Å². The molecule has 3 aromatic rings. The number of aromatic nitrogens is 4. The number of carbonyl (C=O) groups is 1. The van der Waals surface area contributed by atoms with Gasteiger partial charge >= 0.3 is 0 Å². The average Bonchev–Trinajstić information content (AvgIpc) is 3.37. The SMILES string of the molecule is O=C(Cn1nnc(-c2ccsc2)n1)N(c1ccccc1)[C@@H]1CCS(=O)(=O)C1. The van der Waals surface area contributed by atoms with Crippen molar-refractivity contribution in [3.63, 3.8) is 0 Å². The normalized spacial score (nSPS) is 18.4. The summed E-state index contributed by atoms with van der Waals surface area (Å²) in [5, 5.41) is 16.0. The zero-order valence-electron chi connectivity index (χ0n) is 14.3. The Morgan fingerprint density at radius 1 is 1.26 bits per heavy atom. The van der Waals surface area contributed by atoms with Crippen LogP contribution in [0.25, 0.3) is 11.4 Å². The minimum absolute atomic E-state index is 0.0292. The molecule has 3 heterocycles. The van der Waals surface area contributed by atoms with Crippen molar-refractivity contribution < 1.29 is 13.2 Å². The van der Waals surface area contributed by atoms with Crippen molar-refractivity contribution >= 4 is 32.8 Å². The molecule has 1 amide bonds. The Bertz CT molecular complexity index is 1030. The first-order chi connectivity index (χ1) is 13.0. The molecule has 0 radical (unpaired) electrons. The van der Waals surface area contributed by atoms with E-state index in [9.17, 15) is 13.2 Å². The maximum Gasteiger partial charge on any atom is 0.250 e. The lowest BCUT2D eigenvalue weighted by molar-refractivity contribution is -0.120. The van der Waals surface area contributed by atoms with Crippen molar-refractivity contribution in [2.24, 2.45) is 0 Å². The first kappa shape index (κ1) is 17.8. The molecule has 140 valence electrons. The summed E-state index contributed by atoms with van der Waals surface area (Å²) in [5.41, 5.74) is 1.52. The van der Waals surface area contributed by atoms with Gasteiger partial charge in [0.05, 0.1) is 17.5 Å². The molecule has 0 N–H and O–H groups in total. The fourth-order valence-corrected chi connectivity index (χ4v) is 5.47. The van der Waals surface area contributed by atoms with Gasteiger partial charge in [-0.1, -0.05) is 18.2 Å². The lowest BCUT2D eigenvalue weighted by Gasteiger charge is -2.28. The third-order valence-electron chi connectivity index (χ3n) is 4.39. The second kappa shape index (κ2) is 7.20. The number of sulfone groups is 1. The number of benzene rings is 1. The van der Waals surface area contributed by atoms with E-state index in [0.29, 0.717) is 17.9 Å². The Hall–Kier alpha value is -2.59. The summed E-state index contributed by atoms with van der Waals surface area (Å²) in [6.45, 7) is -0.109. The summed E-state index contributed by atoms with van der Waals surface area (Å²) in [6, 6.07) is 10.6. The van der Waals surface area contributed by atoms with E-state index < -0.39 is 9.84 Å². The van der Waals surface area contributed by atoms with Crippen LogP contribution in [-0.2, 0) is 21.2 Å². The quantitative estimate of drug-likeness (QED) is 0.642. The van der Waals surface area contributed by atoms with Gasteiger partial charge in [0.15, 0.2) is 9.84 Å². The first-order valence-electron chi connectivity index (χ1n) is 8.40. The highest BCUT2D eigenvalue weighted by atomic mass is 32.2. The number of nitrogens with zero attached hydrogens (tertiary/aromatic N) is 5. The molecule has 1 aliphatic heterocycles. The largest absolute Gasteiger partial charge is 0.307 e. The lowest BCUT2D eigenvalue weighted by Crippen LogP contribution is -2.43. The van der Waals surface area contributed by atoms with E-state index in [1.807, 2.05) is 35.0 Å². The smallest absolute Gasteiger partial charge is 0.250 e. The number of amides is 1. The van der Waals surface area contributed by atoms with Crippen LogP contribution in [0.1, 0.15) is 6.42 Å². The zero-order valence-corrected chi connectivity index (χ0v) is 15.9. The third-order valence-corrected chi connectivity index (χ3v) is 6.82. The molecule has 1 aliphatic rings. The molecule has 1 fully saturated rings. The zero-order chi connectivity index (χ0) is 18.9. The standard InChI is InChI=1S/C17H17N5O3S2/c23-16(10-21-19-17(18-20-21)13-6-8-26-11-13)22(14-4-2-1-3-5-14)15-7-9-27(24,25)12-15/h1-6,8,11,15H,7,9-10,12H2/t15-/m1/s1. The van der Waals surface area contributed by atoms with Gasteiger partial charge in [-0.3, -0.25) is 4.79 Å². The lowest BCUT2D eigenvalue weighted by atomic mass is 10.2. The molecule has 27 heavy (non-hydrogen) atoms. The Balaban J connectivity index is 1.58. The van der Waals surface area contributed by atoms with Gasteiger partial charge in [0.2, 0.25) is 5.82 Å². The summed E-state index contributed by atoms with van der Waals surface area (Å²) < 4.78 is 23.8. The molecule has 1 atom stereocenters. The molecule has 8 nitrogen and oxygen atoms in total. The van der Waals surface area contributed by atoms with Crippen LogP contribution in [0.2, 0.25) is 0 Å². The highest BCUT2D eigenvalue weighted by Gasteiger charge is 2.35. The van der Waals surface area contributed by atoms with Gasteiger partial charge in [0.1, 0.15) is 6.54 Å². The van der Waals surface area contributed by atoms with Gasteiger partial charge in [-0.05, 0) is 35.2 Å². The van der Waals surface area contributed by atoms with Crippen LogP contribution in [-0.4, -0.2) is 52.1 Å². The predicted molar refractivity (Wildman–Crippen MR) is 102 cm³/mol. The van der Waals surface area contributed by atoms with Crippen LogP contribution < -0.4 is 4.90 Å². The van der Waals surface area contributed by atoms with Crippen LogP contribution in [0.5, 0.6) is 0 Å². The Labute approximate surface area is 160 Å². The van der Waals surface area contributed by atoms with Crippen molar-refractivity contribution in [1.82, 2.24) is 20.2 Å². The molecule has 0 saturated carbocycles. The third kappa shape index (κ3) is 3.91. The highest BCUT2D eigenvalue weighted by Crippen LogP contribution is 2.25. The van der Waals surface area contributed by atoms with Gasteiger partial charge in [-0.2, -0.15) is 16.1 Å². The first-order valence-corrected chi connectivity index (χ1v) is 11.2. The van der Waals surface area contributed by atoms with E-state index in [2.05, 4.69) is 15.4 Å². The minimum Gasteiger partial charge on any atom is -0.307 e. The number of tetrazole rings is 1. The minimum atomic E-state index is -3.12. The molecular formula is C17H17N5O3S2.